The topological polar surface area (TPSA) is 101 Å². The van der Waals surface area contributed by atoms with Gasteiger partial charge in [0.2, 0.25) is 10.0 Å². The smallest absolute Gasteiger partial charge is 0.331 e. The molecule has 5 rings (SSSR count). The van der Waals surface area contributed by atoms with E-state index < -0.39 is 50.8 Å². The number of rotatable bonds is 6. The van der Waals surface area contributed by atoms with Crippen LogP contribution in [0.2, 0.25) is 0 Å². The summed E-state index contributed by atoms with van der Waals surface area (Å²) in [4.78, 5) is 28.9. The number of H-pyrrole nitrogens is 1. The molecule has 4 aromatic rings. The molecule has 38 heavy (non-hydrogen) atoms. The summed E-state index contributed by atoms with van der Waals surface area (Å²) in [6.07, 6.45) is -2.68. The minimum Gasteiger partial charge on any atom is -0.331 e. The molecular formula is C26H21F4N3O4S. The highest BCUT2D eigenvalue weighted by Gasteiger charge is 2.39. The van der Waals surface area contributed by atoms with Crippen LogP contribution in [-0.2, 0) is 22.7 Å². The van der Waals surface area contributed by atoms with E-state index in [1.165, 1.54) is 49.5 Å². The zero-order valence-corrected chi connectivity index (χ0v) is 20.7. The van der Waals surface area contributed by atoms with Crippen molar-refractivity contribution in [1.29, 1.82) is 0 Å². The van der Waals surface area contributed by atoms with Gasteiger partial charge in [0, 0.05) is 28.3 Å². The molecule has 2 aromatic carbocycles. The van der Waals surface area contributed by atoms with Crippen LogP contribution in [-0.4, -0.2) is 29.1 Å². The molecule has 198 valence electrons. The van der Waals surface area contributed by atoms with Gasteiger partial charge in [-0.3, -0.25) is 9.59 Å². The number of aryl methyl sites for hydroxylation is 1. The van der Waals surface area contributed by atoms with Gasteiger partial charge in [-0.2, -0.15) is 13.2 Å². The van der Waals surface area contributed by atoms with E-state index in [4.69, 9.17) is 0 Å². The maximum atomic E-state index is 14.7. The van der Waals surface area contributed by atoms with E-state index in [9.17, 15) is 35.6 Å². The van der Waals surface area contributed by atoms with Gasteiger partial charge in [0.1, 0.15) is 11.5 Å². The number of amides is 1. The Morgan fingerprint density at radius 3 is 2.47 bits per heavy atom. The Labute approximate surface area is 214 Å². The van der Waals surface area contributed by atoms with Gasteiger partial charge in [-0.15, -0.1) is 0 Å². The van der Waals surface area contributed by atoms with Crippen LogP contribution in [0.25, 0.3) is 22.0 Å². The van der Waals surface area contributed by atoms with Crippen molar-refractivity contribution in [3.05, 3.63) is 93.3 Å². The second kappa shape index (κ2) is 9.12. The van der Waals surface area contributed by atoms with Crippen molar-refractivity contribution in [3.63, 3.8) is 0 Å². The van der Waals surface area contributed by atoms with Crippen molar-refractivity contribution < 1.29 is 30.8 Å². The number of carbonyl (C=O) groups is 1. The Morgan fingerprint density at radius 2 is 1.84 bits per heavy atom. The fourth-order valence-corrected chi connectivity index (χ4v) is 5.81. The summed E-state index contributed by atoms with van der Waals surface area (Å²) in [5.74, 6) is -1.80. The molecule has 0 spiro atoms. The molecule has 7 nitrogen and oxygen atoms in total. The maximum Gasteiger partial charge on any atom is 0.416 e. The normalized spacial score (nSPS) is 14.1. The van der Waals surface area contributed by atoms with Crippen molar-refractivity contribution in [2.75, 3.05) is 0 Å². The molecule has 2 N–H and O–H groups in total. The number of hydrogen-bond donors (Lipinski definition) is 2. The van der Waals surface area contributed by atoms with E-state index in [2.05, 4.69) is 4.98 Å². The fraction of sp³-hybridized carbons (Fsp3) is 0.231. The number of benzene rings is 2. The minimum absolute atomic E-state index is 0.0474. The summed E-state index contributed by atoms with van der Waals surface area (Å²) in [5.41, 5.74) is -2.35. The third kappa shape index (κ3) is 4.60. The molecule has 0 radical (unpaired) electrons. The maximum absolute atomic E-state index is 14.7. The summed E-state index contributed by atoms with van der Waals surface area (Å²) in [6.45, 7) is 0.841. The molecule has 2 aromatic heterocycles. The SMILES string of the molecule is Cc1cc2c(-c3ccc[nH]c3=O)c(C(=O)NS(=O)(=O)C3CC3)n(Cc3ccccc3F)c2cc1C(F)(F)F. The molecular weight excluding hydrogens is 526 g/mol. The first-order valence-corrected chi connectivity index (χ1v) is 13.1. The number of sulfonamides is 1. The molecule has 1 saturated carbocycles. The summed E-state index contributed by atoms with van der Waals surface area (Å²) >= 11 is 0. The zero-order chi connectivity index (χ0) is 27.4. The van der Waals surface area contributed by atoms with E-state index in [0.29, 0.717) is 12.8 Å². The standard InChI is InChI=1S/C26H21F4N3O4S/c1-14-11-18-21(12-19(14)26(28,29)30)33(13-15-5-2-3-7-20(15)27)23(22(18)17-6-4-10-31-24(17)34)25(35)32-38(36,37)16-8-9-16/h2-7,10-12,16H,8-9,13H2,1H3,(H,31,34)(H,32,35). The van der Waals surface area contributed by atoms with Gasteiger partial charge < -0.3 is 9.55 Å². The fourth-order valence-electron chi connectivity index (χ4n) is 4.54. The van der Waals surface area contributed by atoms with Crippen molar-refractivity contribution in [1.82, 2.24) is 14.3 Å². The molecule has 1 fully saturated rings. The van der Waals surface area contributed by atoms with Gasteiger partial charge in [-0.05, 0) is 55.7 Å². The largest absolute Gasteiger partial charge is 0.416 e. The van der Waals surface area contributed by atoms with Gasteiger partial charge in [0.15, 0.2) is 0 Å². The summed E-state index contributed by atoms with van der Waals surface area (Å²) in [7, 11) is -4.07. The Balaban J connectivity index is 1.87. The van der Waals surface area contributed by atoms with Crippen molar-refractivity contribution in [2.45, 2.75) is 37.7 Å². The number of halogens is 4. The highest BCUT2D eigenvalue weighted by Crippen LogP contribution is 2.40. The van der Waals surface area contributed by atoms with Crippen LogP contribution in [0.4, 0.5) is 17.6 Å². The van der Waals surface area contributed by atoms with Gasteiger partial charge in [-0.25, -0.2) is 17.5 Å². The van der Waals surface area contributed by atoms with Crippen molar-refractivity contribution >= 4 is 26.8 Å². The number of nitrogens with zero attached hydrogens (tertiary/aromatic N) is 1. The van der Waals surface area contributed by atoms with Gasteiger partial charge >= 0.3 is 6.18 Å². The molecule has 1 aliphatic rings. The van der Waals surface area contributed by atoms with E-state index >= 15 is 0 Å². The molecule has 2 heterocycles. The molecule has 0 aliphatic heterocycles. The predicted molar refractivity (Wildman–Crippen MR) is 133 cm³/mol. The lowest BCUT2D eigenvalue weighted by atomic mass is 9.99. The summed E-state index contributed by atoms with van der Waals surface area (Å²) < 4.78 is 84.8. The Bertz CT molecular complexity index is 1750. The molecule has 0 atom stereocenters. The van der Waals surface area contributed by atoms with Gasteiger partial charge in [0.25, 0.3) is 11.5 Å². The molecule has 1 amide bonds. The van der Waals surface area contributed by atoms with Crippen molar-refractivity contribution in [3.8, 4) is 11.1 Å². The highest BCUT2D eigenvalue weighted by atomic mass is 32.2. The first kappa shape index (κ1) is 25.7. The van der Waals surface area contributed by atoms with Gasteiger partial charge in [0.05, 0.1) is 22.9 Å². The van der Waals surface area contributed by atoms with Crippen LogP contribution in [0.15, 0.2) is 59.5 Å². The first-order chi connectivity index (χ1) is 17.9. The lowest BCUT2D eigenvalue weighted by Crippen LogP contribution is -2.35. The first-order valence-electron chi connectivity index (χ1n) is 11.6. The van der Waals surface area contributed by atoms with Gasteiger partial charge in [-0.1, -0.05) is 18.2 Å². The molecule has 0 saturated heterocycles. The van der Waals surface area contributed by atoms with E-state index in [1.807, 2.05) is 4.72 Å². The van der Waals surface area contributed by atoms with Crippen LogP contribution in [0.1, 0.15) is 40.0 Å². The quantitative estimate of drug-likeness (QED) is 0.341. The van der Waals surface area contributed by atoms with Crippen LogP contribution in [0.5, 0.6) is 0 Å². The molecule has 0 bridgehead atoms. The lowest BCUT2D eigenvalue weighted by molar-refractivity contribution is -0.137. The minimum atomic E-state index is -4.74. The summed E-state index contributed by atoms with van der Waals surface area (Å²) in [6, 6.07) is 10.4. The second-order valence-corrected chi connectivity index (χ2v) is 11.1. The highest BCUT2D eigenvalue weighted by molar-refractivity contribution is 7.91. The van der Waals surface area contributed by atoms with E-state index in [-0.39, 0.29) is 38.9 Å². The van der Waals surface area contributed by atoms with Crippen LogP contribution in [0.3, 0.4) is 0 Å². The number of alkyl halides is 3. The Morgan fingerprint density at radius 1 is 1.13 bits per heavy atom. The van der Waals surface area contributed by atoms with Crippen molar-refractivity contribution in [2.24, 2.45) is 0 Å². The monoisotopic (exact) mass is 547 g/mol. The molecule has 12 heteroatoms. The van der Waals surface area contributed by atoms with Crippen LogP contribution >= 0.6 is 0 Å². The Hall–Kier alpha value is -3.93. The number of carbonyl (C=O) groups excluding carboxylic acids is 1. The average molecular weight is 548 g/mol. The van der Waals surface area contributed by atoms with Crippen LogP contribution in [0, 0.1) is 12.7 Å². The number of fused-ring (bicyclic) bond motifs is 1. The predicted octanol–water partition coefficient (Wildman–Crippen LogP) is 4.73. The number of nitrogens with one attached hydrogen (secondary N) is 2. The molecule has 1 aliphatic carbocycles. The average Bonchev–Trinajstić information content (AvgIpc) is 3.65. The Kier molecular flexibility index (Phi) is 6.17. The lowest BCUT2D eigenvalue weighted by Gasteiger charge is -2.14. The third-order valence-corrected chi connectivity index (χ3v) is 8.32. The number of pyridine rings is 1. The number of aromatic amines is 1. The van der Waals surface area contributed by atoms with E-state index in [1.54, 1.807) is 0 Å². The van der Waals surface area contributed by atoms with Crippen LogP contribution < -0.4 is 10.3 Å². The zero-order valence-electron chi connectivity index (χ0n) is 19.9. The number of aromatic nitrogens is 2. The second-order valence-electron chi connectivity index (χ2n) is 9.17. The third-order valence-electron chi connectivity index (χ3n) is 6.50. The molecule has 0 unspecified atom stereocenters. The van der Waals surface area contributed by atoms with E-state index in [0.717, 1.165) is 16.7 Å². The summed E-state index contributed by atoms with van der Waals surface area (Å²) in [5, 5.41) is -0.656. The number of hydrogen-bond acceptors (Lipinski definition) is 4.